The molecule has 1 saturated heterocycles. The molecule has 25 heavy (non-hydrogen) atoms. The van der Waals surface area contributed by atoms with Gasteiger partial charge in [-0.05, 0) is 24.6 Å². The van der Waals surface area contributed by atoms with Crippen molar-refractivity contribution < 1.29 is 9.26 Å². The molecule has 0 aliphatic carbocycles. The summed E-state index contributed by atoms with van der Waals surface area (Å²) in [6.45, 7) is 5.41. The van der Waals surface area contributed by atoms with Crippen molar-refractivity contribution in [3.63, 3.8) is 0 Å². The molecule has 7 nitrogen and oxygen atoms in total. The van der Waals surface area contributed by atoms with Gasteiger partial charge in [0.15, 0.2) is 0 Å². The van der Waals surface area contributed by atoms with Gasteiger partial charge >= 0.3 is 0 Å². The molecule has 0 N–H and O–H groups in total. The molecule has 1 aliphatic rings. The monoisotopic (exact) mass is 337 g/mol. The Bertz CT molecular complexity index is 813. The van der Waals surface area contributed by atoms with Crippen LogP contribution in [0.4, 0.5) is 0 Å². The molecule has 1 aliphatic heterocycles. The maximum atomic E-state index is 5.47. The largest absolute Gasteiger partial charge is 0.494 e. The van der Waals surface area contributed by atoms with Crippen molar-refractivity contribution >= 4 is 0 Å². The lowest BCUT2D eigenvalue weighted by Gasteiger charge is -2.37. The number of nitrogens with zero attached hydrogens (tertiary/aromatic N) is 5. The molecular formula is C18H19N5O2. The average molecular weight is 337 g/mol. The third-order valence-corrected chi connectivity index (χ3v) is 4.18. The first kappa shape index (κ1) is 15.7. The predicted molar refractivity (Wildman–Crippen MR) is 91.0 cm³/mol. The van der Waals surface area contributed by atoms with E-state index in [1.165, 1.54) is 5.56 Å². The molecule has 7 heteroatoms. The second-order valence-corrected chi connectivity index (χ2v) is 6.01. The number of hydrogen-bond donors (Lipinski definition) is 0. The van der Waals surface area contributed by atoms with E-state index in [0.717, 1.165) is 25.4 Å². The van der Waals surface area contributed by atoms with Crippen LogP contribution in [0.5, 0.6) is 5.75 Å². The van der Waals surface area contributed by atoms with Crippen molar-refractivity contribution in [1.82, 2.24) is 25.0 Å². The first-order chi connectivity index (χ1) is 12.3. The van der Waals surface area contributed by atoms with Gasteiger partial charge < -0.3 is 9.26 Å². The summed E-state index contributed by atoms with van der Waals surface area (Å²) in [5.41, 5.74) is 1.90. The van der Waals surface area contributed by atoms with Crippen LogP contribution in [0.2, 0.25) is 0 Å². The Hall–Kier alpha value is -2.80. The number of ether oxygens (including phenoxy) is 1. The molecular weight excluding hydrogens is 318 g/mol. The van der Waals surface area contributed by atoms with Gasteiger partial charge in [0.25, 0.3) is 0 Å². The minimum Gasteiger partial charge on any atom is -0.494 e. The van der Waals surface area contributed by atoms with Gasteiger partial charge in [-0.1, -0.05) is 17.3 Å². The smallest absolute Gasteiger partial charge is 0.232 e. The molecule has 0 atom stereocenters. The summed E-state index contributed by atoms with van der Waals surface area (Å²) in [7, 11) is 0. The lowest BCUT2D eigenvalue weighted by Crippen LogP contribution is -2.44. The third kappa shape index (κ3) is 3.51. The molecule has 1 aromatic carbocycles. The molecule has 2 aromatic heterocycles. The van der Waals surface area contributed by atoms with Gasteiger partial charge in [0.05, 0.1) is 18.7 Å². The highest BCUT2D eigenvalue weighted by Gasteiger charge is 2.32. The summed E-state index contributed by atoms with van der Waals surface area (Å²) in [6.07, 6.45) is 4.87. The molecule has 128 valence electrons. The van der Waals surface area contributed by atoms with E-state index in [-0.39, 0.29) is 5.92 Å². The molecule has 4 rings (SSSR count). The molecule has 0 bridgehead atoms. The zero-order valence-corrected chi connectivity index (χ0v) is 14.0. The minimum absolute atomic E-state index is 0.278. The Labute approximate surface area is 145 Å². The van der Waals surface area contributed by atoms with Crippen molar-refractivity contribution in [3.8, 4) is 17.3 Å². The molecule has 1 fully saturated rings. The Kier molecular flexibility index (Phi) is 4.39. The fourth-order valence-electron chi connectivity index (χ4n) is 2.89. The molecule has 0 spiro atoms. The van der Waals surface area contributed by atoms with E-state index in [4.69, 9.17) is 9.26 Å². The number of benzene rings is 1. The zero-order valence-electron chi connectivity index (χ0n) is 14.0. The zero-order chi connectivity index (χ0) is 17.1. The SMILES string of the molecule is CCOc1ccc(CN2CC(c3nc(-c4cnccn4)no3)C2)cc1. The van der Waals surface area contributed by atoms with Gasteiger partial charge in [0.1, 0.15) is 11.4 Å². The maximum absolute atomic E-state index is 5.47. The lowest BCUT2D eigenvalue weighted by molar-refractivity contribution is 0.117. The van der Waals surface area contributed by atoms with Crippen molar-refractivity contribution in [2.45, 2.75) is 19.4 Å². The second-order valence-electron chi connectivity index (χ2n) is 6.01. The van der Waals surface area contributed by atoms with Crippen molar-refractivity contribution in [1.29, 1.82) is 0 Å². The highest BCUT2D eigenvalue weighted by Crippen LogP contribution is 2.28. The van der Waals surface area contributed by atoms with E-state index in [0.29, 0.717) is 24.0 Å². The highest BCUT2D eigenvalue weighted by molar-refractivity contribution is 5.45. The molecule has 3 heterocycles. The van der Waals surface area contributed by atoms with E-state index in [9.17, 15) is 0 Å². The Morgan fingerprint density at radius 2 is 2.04 bits per heavy atom. The quantitative estimate of drug-likeness (QED) is 0.684. The van der Waals surface area contributed by atoms with Crippen LogP contribution >= 0.6 is 0 Å². The van der Waals surface area contributed by atoms with Crippen LogP contribution in [0.15, 0.2) is 47.4 Å². The van der Waals surface area contributed by atoms with Gasteiger partial charge in [-0.3, -0.25) is 9.88 Å². The normalized spacial score (nSPS) is 15.1. The summed E-state index contributed by atoms with van der Waals surface area (Å²) in [4.78, 5) is 15.0. The first-order valence-corrected chi connectivity index (χ1v) is 8.36. The van der Waals surface area contributed by atoms with Gasteiger partial charge in [-0.2, -0.15) is 4.98 Å². The Balaban J connectivity index is 1.32. The second kappa shape index (κ2) is 6.98. The maximum Gasteiger partial charge on any atom is 0.232 e. The average Bonchev–Trinajstić information content (AvgIpc) is 3.10. The fourth-order valence-corrected chi connectivity index (χ4v) is 2.89. The van der Waals surface area contributed by atoms with Crippen LogP contribution in [-0.4, -0.2) is 44.7 Å². The molecule has 0 saturated carbocycles. The predicted octanol–water partition coefficient (Wildman–Crippen LogP) is 2.52. The van der Waals surface area contributed by atoms with Crippen LogP contribution in [0, 0.1) is 0 Å². The van der Waals surface area contributed by atoms with E-state index >= 15 is 0 Å². The lowest BCUT2D eigenvalue weighted by atomic mass is 9.99. The van der Waals surface area contributed by atoms with Crippen LogP contribution < -0.4 is 4.74 Å². The van der Waals surface area contributed by atoms with E-state index in [2.05, 4.69) is 37.1 Å². The van der Waals surface area contributed by atoms with Crippen LogP contribution in [-0.2, 0) is 6.54 Å². The topological polar surface area (TPSA) is 77.2 Å². The molecule has 0 unspecified atom stereocenters. The van der Waals surface area contributed by atoms with Gasteiger partial charge in [0.2, 0.25) is 11.7 Å². The van der Waals surface area contributed by atoms with E-state index in [1.54, 1.807) is 18.6 Å². The summed E-state index contributed by atoms with van der Waals surface area (Å²) in [5.74, 6) is 2.35. The Morgan fingerprint density at radius 1 is 1.20 bits per heavy atom. The van der Waals surface area contributed by atoms with Gasteiger partial charge in [-0.15, -0.1) is 0 Å². The van der Waals surface area contributed by atoms with E-state index < -0.39 is 0 Å². The summed E-state index contributed by atoms with van der Waals surface area (Å²) in [5, 5.41) is 4.00. The number of likely N-dealkylation sites (tertiary alicyclic amines) is 1. The first-order valence-electron chi connectivity index (χ1n) is 8.36. The van der Waals surface area contributed by atoms with Crippen LogP contribution in [0.25, 0.3) is 11.5 Å². The minimum atomic E-state index is 0.278. The molecule has 3 aromatic rings. The standard InChI is InChI=1S/C18H19N5O2/c1-2-24-15-5-3-13(4-6-15)10-23-11-14(12-23)18-21-17(22-25-18)16-9-19-7-8-20-16/h3-9,14H,2,10-12H2,1H3. The van der Waals surface area contributed by atoms with Gasteiger partial charge in [-0.25, -0.2) is 4.98 Å². The number of hydrogen-bond acceptors (Lipinski definition) is 7. The van der Waals surface area contributed by atoms with E-state index in [1.807, 2.05) is 19.1 Å². The van der Waals surface area contributed by atoms with Gasteiger partial charge in [0, 0.05) is 32.0 Å². The molecule has 0 amide bonds. The third-order valence-electron chi connectivity index (χ3n) is 4.18. The number of aromatic nitrogens is 4. The molecule has 0 radical (unpaired) electrons. The summed E-state index contributed by atoms with van der Waals surface area (Å²) >= 11 is 0. The fraction of sp³-hybridized carbons (Fsp3) is 0.333. The van der Waals surface area contributed by atoms with Crippen molar-refractivity contribution in [2.24, 2.45) is 0 Å². The van der Waals surface area contributed by atoms with Crippen LogP contribution in [0.1, 0.15) is 24.3 Å². The summed E-state index contributed by atoms with van der Waals surface area (Å²) in [6, 6.07) is 8.25. The number of rotatable bonds is 6. The van der Waals surface area contributed by atoms with Crippen LogP contribution in [0.3, 0.4) is 0 Å². The van der Waals surface area contributed by atoms with Crippen molar-refractivity contribution in [2.75, 3.05) is 19.7 Å². The highest BCUT2D eigenvalue weighted by atomic mass is 16.5. The van der Waals surface area contributed by atoms with Crippen molar-refractivity contribution in [3.05, 3.63) is 54.3 Å². The summed E-state index contributed by atoms with van der Waals surface area (Å²) < 4.78 is 10.9. The Morgan fingerprint density at radius 3 is 2.76 bits per heavy atom.